The molecule has 0 radical (unpaired) electrons. The van der Waals surface area contributed by atoms with E-state index in [0.29, 0.717) is 29.3 Å². The number of benzene rings is 3. The number of carboxylic acids is 1. The number of imidazole rings is 1. The van der Waals surface area contributed by atoms with Crippen LogP contribution in [-0.4, -0.2) is 126 Å². The minimum atomic E-state index is -4.81. The second-order valence-corrected chi connectivity index (χ2v) is 26.2. The van der Waals surface area contributed by atoms with Crippen LogP contribution < -0.4 is 15.4 Å². The van der Waals surface area contributed by atoms with E-state index in [4.69, 9.17) is 32.4 Å². The maximum atomic E-state index is 15.8. The quantitative estimate of drug-likeness (QED) is 0.0542. The van der Waals surface area contributed by atoms with Crippen molar-refractivity contribution in [1.29, 1.82) is 0 Å². The Morgan fingerprint density at radius 1 is 0.986 bits per heavy atom. The van der Waals surface area contributed by atoms with Gasteiger partial charge in [-0.3, -0.25) is 19.2 Å². The Bertz CT molecular complexity index is 2540. The number of alkyl halides is 3. The number of rotatable bonds is 21. The first-order chi connectivity index (χ1) is 33.5. The molecule has 4 aromatic rings. The third kappa shape index (κ3) is 15.3. The summed E-state index contributed by atoms with van der Waals surface area (Å²) in [6, 6.07) is 14.3. The Labute approximate surface area is 430 Å². The van der Waals surface area contributed by atoms with Gasteiger partial charge >= 0.3 is 12.1 Å². The summed E-state index contributed by atoms with van der Waals surface area (Å²) in [7, 11) is 4.81. The van der Waals surface area contributed by atoms with Gasteiger partial charge < -0.3 is 44.2 Å². The third-order valence-electron chi connectivity index (χ3n) is 13.7. The van der Waals surface area contributed by atoms with Crippen LogP contribution in [0, 0.1) is 11.7 Å². The van der Waals surface area contributed by atoms with Crippen LogP contribution in [0.1, 0.15) is 70.3 Å². The van der Waals surface area contributed by atoms with Crippen LogP contribution in [0.15, 0.2) is 66.9 Å². The van der Waals surface area contributed by atoms with Gasteiger partial charge in [-0.05, 0) is 113 Å². The van der Waals surface area contributed by atoms with E-state index in [-0.39, 0.29) is 60.5 Å². The zero-order valence-electron chi connectivity index (χ0n) is 42.6. The molecule has 0 bridgehead atoms. The summed E-state index contributed by atoms with van der Waals surface area (Å²) in [5, 5.41) is 15.6. The number of aliphatic carboxylic acids is 1. The van der Waals surface area contributed by atoms with E-state index < -0.39 is 80.4 Å². The number of hydrogen-bond donors (Lipinski definition) is 3. The number of ether oxygens (including phenoxy) is 1. The van der Waals surface area contributed by atoms with Crippen LogP contribution >= 0.6 is 23.2 Å². The lowest BCUT2D eigenvalue weighted by Gasteiger charge is -2.50. The number of carbonyl (C=O) groups is 4. The molecule has 1 aromatic heterocycles. The first-order valence-electron chi connectivity index (χ1n) is 23.7. The molecule has 3 amide bonds. The van der Waals surface area contributed by atoms with Crippen LogP contribution in [0.3, 0.4) is 0 Å². The molecule has 3 N–H and O–H groups in total. The first kappa shape index (κ1) is 57.8. The summed E-state index contributed by atoms with van der Waals surface area (Å²) in [6.07, 6.45) is -4.98. The van der Waals surface area contributed by atoms with Gasteiger partial charge in [-0.25, -0.2) is 9.37 Å². The maximum Gasteiger partial charge on any atom is 0.389 e. The highest BCUT2D eigenvalue weighted by Gasteiger charge is 2.47. The smallest absolute Gasteiger partial charge is 0.389 e. The van der Waals surface area contributed by atoms with E-state index in [1.165, 1.54) is 22.9 Å². The van der Waals surface area contributed by atoms with Crippen molar-refractivity contribution < 1.29 is 51.0 Å². The second kappa shape index (κ2) is 23.9. The molecule has 394 valence electrons. The van der Waals surface area contributed by atoms with Gasteiger partial charge in [-0.1, -0.05) is 56.1 Å². The zero-order valence-corrected chi connectivity index (χ0v) is 45.1. The molecule has 0 saturated carbocycles. The predicted molar refractivity (Wildman–Crippen MR) is 272 cm³/mol. The van der Waals surface area contributed by atoms with Gasteiger partial charge in [-0.15, -0.1) is 0 Å². The average molecular weight is 1070 g/mol. The summed E-state index contributed by atoms with van der Waals surface area (Å²) in [5.74, 6) is -4.94. The van der Waals surface area contributed by atoms with E-state index in [0.717, 1.165) is 23.1 Å². The molecule has 2 heterocycles. The molecule has 5 rings (SSSR count). The summed E-state index contributed by atoms with van der Waals surface area (Å²) in [6.45, 7) is 11.6. The molecule has 0 aliphatic carbocycles. The molecular weight excluding hydrogens is 998 g/mol. The molecule has 4 atom stereocenters. The predicted octanol–water partition coefficient (Wildman–Crippen LogP) is 9.48. The first-order valence-corrected chi connectivity index (χ1v) is 27.3. The van der Waals surface area contributed by atoms with Gasteiger partial charge in [0.25, 0.3) is 0 Å². The van der Waals surface area contributed by atoms with Crippen molar-refractivity contribution >= 4 is 55.2 Å². The fourth-order valence-electron chi connectivity index (χ4n) is 8.42. The monoisotopic (exact) mass is 1060 g/mol. The van der Waals surface area contributed by atoms with Crippen molar-refractivity contribution in [3.05, 3.63) is 99.7 Å². The highest BCUT2D eigenvalue weighted by atomic mass is 35.5. The summed E-state index contributed by atoms with van der Waals surface area (Å²) < 4.78 is 71.6. The van der Waals surface area contributed by atoms with Crippen LogP contribution in [0.2, 0.25) is 28.2 Å². The number of piperidine rings is 1. The van der Waals surface area contributed by atoms with Crippen molar-refractivity contribution in [3.8, 4) is 22.8 Å². The van der Waals surface area contributed by atoms with Crippen LogP contribution in [0.4, 0.5) is 17.6 Å². The Balaban J connectivity index is 1.40. The standard InChI is InChI=1S/C51H67Cl2F4N7O7Si/c1-32(58-27-39-40(54)23-37(53)24-43(39)71-38-18-14-34(15-19-38)42-28-59-44(62(42)7)29-61(5)6)46(67)60-41(30-70-72(9,10)49(2,3)4)48(69)63(8)50(25-33-12-16-36(52)17-13-33)20-11-21-64(31-50)47(68)35(22-45(65)66)26-51(55,56)57/h12-19,23-24,28,32,35,41,58H,11,20-22,25-27,29-31H2,1-10H3,(H,60,67)(H,65,66)/t32?,35?,41?,50-/m1/s1. The highest BCUT2D eigenvalue weighted by molar-refractivity contribution is 6.74. The van der Waals surface area contributed by atoms with Crippen molar-refractivity contribution in [1.82, 2.24) is 34.9 Å². The highest BCUT2D eigenvalue weighted by Crippen LogP contribution is 2.38. The van der Waals surface area contributed by atoms with Crippen molar-refractivity contribution in [2.75, 3.05) is 40.8 Å². The molecule has 3 unspecified atom stereocenters. The lowest BCUT2D eigenvalue weighted by Crippen LogP contribution is -2.65. The topological polar surface area (TPSA) is 159 Å². The molecule has 3 aromatic carbocycles. The lowest BCUT2D eigenvalue weighted by atomic mass is 9.80. The fraction of sp³-hybridized carbons (Fsp3) is 0.510. The van der Waals surface area contributed by atoms with Gasteiger partial charge in [0, 0.05) is 54.9 Å². The second-order valence-electron chi connectivity index (χ2n) is 20.5. The molecule has 1 aliphatic rings. The summed E-state index contributed by atoms with van der Waals surface area (Å²) in [5.41, 5.74) is 1.32. The molecule has 14 nitrogen and oxygen atoms in total. The van der Waals surface area contributed by atoms with Crippen molar-refractivity contribution in [2.24, 2.45) is 13.0 Å². The molecule has 1 aliphatic heterocycles. The van der Waals surface area contributed by atoms with E-state index in [2.05, 4.69) is 15.6 Å². The third-order valence-corrected chi connectivity index (χ3v) is 18.6. The number of likely N-dealkylation sites (N-methyl/N-ethyl adjacent to an activating group) is 1. The van der Waals surface area contributed by atoms with Gasteiger partial charge in [0.2, 0.25) is 17.7 Å². The summed E-state index contributed by atoms with van der Waals surface area (Å²) >= 11 is 12.5. The van der Waals surface area contributed by atoms with Gasteiger partial charge in [0.05, 0.1) is 55.4 Å². The Hall–Kier alpha value is -5.05. The number of nitrogens with zero attached hydrogens (tertiary/aromatic N) is 5. The Morgan fingerprint density at radius 3 is 2.24 bits per heavy atom. The van der Waals surface area contributed by atoms with Gasteiger partial charge in [0.15, 0.2) is 8.32 Å². The fourth-order valence-corrected chi connectivity index (χ4v) is 9.76. The van der Waals surface area contributed by atoms with E-state index in [1.54, 1.807) is 49.5 Å². The van der Waals surface area contributed by atoms with Crippen LogP contribution in [0.5, 0.6) is 11.5 Å². The average Bonchev–Trinajstić information content (AvgIpc) is 3.64. The van der Waals surface area contributed by atoms with E-state index >= 15 is 9.18 Å². The van der Waals surface area contributed by atoms with E-state index in [1.807, 2.05) is 76.6 Å². The zero-order chi connectivity index (χ0) is 53.5. The number of hydrogen-bond acceptors (Lipinski definition) is 9. The number of carboxylic acid groups (broad SMARTS) is 1. The van der Waals surface area contributed by atoms with Gasteiger partial charge in [0.1, 0.15) is 29.2 Å². The molecule has 21 heteroatoms. The SMILES string of the molecule is CC(NCc1c(F)cc(Cl)cc1Oc1ccc(-c2cnc(CN(C)C)n2C)cc1)C(=O)NC(CO[Si](C)(C)C(C)(C)C)C(=O)N(C)[C@@]1(Cc2ccc(Cl)cc2)CCCN(C(=O)C(CC(=O)O)CC(F)(F)F)C1. The minimum Gasteiger partial charge on any atom is -0.481 e. The molecule has 0 spiro atoms. The molecule has 72 heavy (non-hydrogen) atoms. The maximum absolute atomic E-state index is 15.8. The summed E-state index contributed by atoms with van der Waals surface area (Å²) in [4.78, 5) is 64.1. The Morgan fingerprint density at radius 2 is 1.64 bits per heavy atom. The van der Waals surface area contributed by atoms with Crippen LogP contribution in [-0.2, 0) is 50.2 Å². The molecular formula is C51H67Cl2F4N7O7Si. The lowest BCUT2D eigenvalue weighted by molar-refractivity contribution is -0.166. The van der Waals surface area contributed by atoms with Crippen molar-refractivity contribution in [2.45, 2.75) is 115 Å². The van der Waals surface area contributed by atoms with Gasteiger partial charge in [-0.2, -0.15) is 13.2 Å². The minimum absolute atomic E-state index is 0.0343. The number of carbonyl (C=O) groups excluding carboxylic acids is 3. The van der Waals surface area contributed by atoms with Crippen molar-refractivity contribution in [3.63, 3.8) is 0 Å². The Kier molecular flexibility index (Phi) is 19.2. The normalized spacial score (nSPS) is 16.8. The number of likely N-dealkylation sites (tertiary alicyclic amines) is 1. The number of nitrogens with one attached hydrogen (secondary N) is 2. The van der Waals surface area contributed by atoms with E-state index in [9.17, 15) is 32.7 Å². The van der Waals surface area contributed by atoms with Crippen LogP contribution in [0.25, 0.3) is 11.3 Å². The number of amides is 3. The molecule has 1 saturated heterocycles. The largest absolute Gasteiger partial charge is 0.481 e. The number of aromatic nitrogens is 2. The molecule has 1 fully saturated rings. The number of halogens is 6.